The Bertz CT molecular complexity index is 929. The van der Waals surface area contributed by atoms with Crippen LogP contribution in [-0.2, 0) is 12.8 Å². The summed E-state index contributed by atoms with van der Waals surface area (Å²) >= 11 is 0. The van der Waals surface area contributed by atoms with E-state index in [9.17, 15) is 4.79 Å². The van der Waals surface area contributed by atoms with Crippen LogP contribution in [0.25, 0.3) is 5.65 Å². The zero-order valence-corrected chi connectivity index (χ0v) is 16.3. The van der Waals surface area contributed by atoms with Crippen molar-refractivity contribution in [3.8, 4) is 0 Å². The third kappa shape index (κ3) is 5.09. The number of hydrogen-bond acceptors (Lipinski definition) is 3. The summed E-state index contributed by atoms with van der Waals surface area (Å²) in [5.74, 6) is 0.686. The first kappa shape index (κ1) is 19.4. The highest BCUT2D eigenvalue weighted by atomic mass is 16.1. The van der Waals surface area contributed by atoms with E-state index in [1.165, 1.54) is 0 Å². The Hall–Kier alpha value is -3.35. The number of aromatic nitrogens is 2. The van der Waals surface area contributed by atoms with Gasteiger partial charge >= 0.3 is 0 Å². The highest BCUT2D eigenvalue weighted by Gasteiger charge is 2.05. The van der Waals surface area contributed by atoms with E-state index in [-0.39, 0.29) is 5.91 Å². The summed E-state index contributed by atoms with van der Waals surface area (Å²) in [5.41, 5.74) is 3.78. The number of imidazole rings is 1. The molecule has 0 saturated carbocycles. The maximum atomic E-state index is 11.7. The number of pyridine rings is 1. The van der Waals surface area contributed by atoms with Gasteiger partial charge in [-0.25, -0.2) is 4.98 Å². The lowest BCUT2D eigenvalue weighted by Crippen LogP contribution is -2.39. The summed E-state index contributed by atoms with van der Waals surface area (Å²) in [4.78, 5) is 20.6. The average molecular weight is 378 g/mol. The van der Waals surface area contributed by atoms with Gasteiger partial charge in [0.1, 0.15) is 5.65 Å². The van der Waals surface area contributed by atoms with Crippen molar-refractivity contribution in [2.24, 2.45) is 4.99 Å². The van der Waals surface area contributed by atoms with E-state index in [0.717, 1.165) is 48.8 Å². The topological polar surface area (TPSA) is 82.8 Å². The Morgan fingerprint density at radius 2 is 1.93 bits per heavy atom. The van der Waals surface area contributed by atoms with Crippen LogP contribution < -0.4 is 16.0 Å². The van der Waals surface area contributed by atoms with Gasteiger partial charge in [-0.2, -0.15) is 0 Å². The van der Waals surface area contributed by atoms with Crippen molar-refractivity contribution in [1.29, 1.82) is 0 Å². The molecule has 3 N–H and O–H groups in total. The SMILES string of the molecule is CN=C(NCCc1cccc(C(=O)NC)c1)NCCc1cn2ccccc2n1. The van der Waals surface area contributed by atoms with Gasteiger partial charge in [0.25, 0.3) is 5.91 Å². The van der Waals surface area contributed by atoms with Crippen LogP contribution >= 0.6 is 0 Å². The van der Waals surface area contributed by atoms with Crippen LogP contribution in [0.15, 0.2) is 59.9 Å². The highest BCUT2D eigenvalue weighted by Crippen LogP contribution is 2.06. The minimum absolute atomic E-state index is 0.0702. The van der Waals surface area contributed by atoms with Gasteiger partial charge < -0.3 is 20.4 Å². The Labute approximate surface area is 164 Å². The summed E-state index contributed by atoms with van der Waals surface area (Å²) in [7, 11) is 3.39. The van der Waals surface area contributed by atoms with Crippen LogP contribution in [0.4, 0.5) is 0 Å². The van der Waals surface area contributed by atoms with E-state index in [4.69, 9.17) is 0 Å². The molecule has 0 fully saturated rings. The van der Waals surface area contributed by atoms with Crippen LogP contribution in [0.5, 0.6) is 0 Å². The van der Waals surface area contributed by atoms with Crippen molar-refractivity contribution < 1.29 is 4.79 Å². The molecule has 7 nitrogen and oxygen atoms in total. The van der Waals surface area contributed by atoms with E-state index in [1.807, 2.05) is 59.3 Å². The van der Waals surface area contributed by atoms with Crippen molar-refractivity contribution >= 4 is 17.5 Å². The first-order valence-corrected chi connectivity index (χ1v) is 9.38. The second-order valence-electron chi connectivity index (χ2n) is 6.40. The molecular weight excluding hydrogens is 352 g/mol. The molecule has 0 saturated heterocycles. The van der Waals surface area contributed by atoms with E-state index in [0.29, 0.717) is 5.56 Å². The first-order chi connectivity index (χ1) is 13.7. The zero-order chi connectivity index (χ0) is 19.8. The van der Waals surface area contributed by atoms with E-state index >= 15 is 0 Å². The van der Waals surface area contributed by atoms with Gasteiger partial charge in [0.2, 0.25) is 0 Å². The number of amides is 1. The van der Waals surface area contributed by atoms with Gasteiger partial charge in [0.15, 0.2) is 5.96 Å². The molecule has 2 aromatic heterocycles. The molecular formula is C21H26N6O. The van der Waals surface area contributed by atoms with Crippen molar-refractivity contribution in [2.75, 3.05) is 27.2 Å². The minimum atomic E-state index is -0.0702. The lowest BCUT2D eigenvalue weighted by molar-refractivity contribution is 0.0963. The number of nitrogens with one attached hydrogen (secondary N) is 3. The van der Waals surface area contributed by atoms with E-state index in [1.54, 1.807) is 14.1 Å². The summed E-state index contributed by atoms with van der Waals surface area (Å²) < 4.78 is 2.02. The van der Waals surface area contributed by atoms with Gasteiger partial charge in [-0.15, -0.1) is 0 Å². The lowest BCUT2D eigenvalue weighted by Gasteiger charge is -2.11. The normalized spacial score (nSPS) is 11.4. The molecule has 146 valence electrons. The molecule has 0 aliphatic carbocycles. The average Bonchev–Trinajstić information content (AvgIpc) is 3.15. The second kappa shape index (κ2) is 9.55. The Balaban J connectivity index is 1.44. The molecule has 0 aliphatic heterocycles. The second-order valence-corrected chi connectivity index (χ2v) is 6.40. The number of aliphatic imine (C=N–C) groups is 1. The molecule has 0 radical (unpaired) electrons. The van der Waals surface area contributed by atoms with Gasteiger partial charge in [-0.1, -0.05) is 18.2 Å². The van der Waals surface area contributed by atoms with Crippen molar-refractivity contribution in [3.05, 3.63) is 71.7 Å². The molecule has 2 heterocycles. The van der Waals surface area contributed by atoms with Crippen LogP contribution in [0.2, 0.25) is 0 Å². The summed E-state index contributed by atoms with van der Waals surface area (Å²) in [6.07, 6.45) is 5.67. The lowest BCUT2D eigenvalue weighted by atomic mass is 10.1. The number of carbonyl (C=O) groups excluding carboxylic acids is 1. The summed E-state index contributed by atoms with van der Waals surface area (Å²) in [5, 5.41) is 9.27. The summed E-state index contributed by atoms with van der Waals surface area (Å²) in [6, 6.07) is 13.6. The molecule has 0 bridgehead atoms. The molecule has 0 spiro atoms. The third-order valence-electron chi connectivity index (χ3n) is 4.43. The van der Waals surface area contributed by atoms with E-state index in [2.05, 4.69) is 25.9 Å². The minimum Gasteiger partial charge on any atom is -0.356 e. The monoisotopic (exact) mass is 378 g/mol. The fraction of sp³-hybridized carbons (Fsp3) is 0.286. The number of guanidine groups is 1. The molecule has 3 rings (SSSR count). The number of nitrogens with zero attached hydrogens (tertiary/aromatic N) is 3. The predicted octanol–water partition coefficient (Wildman–Crippen LogP) is 1.64. The number of fused-ring (bicyclic) bond motifs is 1. The Morgan fingerprint density at radius 3 is 2.68 bits per heavy atom. The molecule has 1 aromatic carbocycles. The molecule has 28 heavy (non-hydrogen) atoms. The van der Waals surface area contributed by atoms with Gasteiger partial charge in [0.05, 0.1) is 5.69 Å². The van der Waals surface area contributed by atoms with Crippen LogP contribution in [0.3, 0.4) is 0 Å². The molecule has 1 amide bonds. The van der Waals surface area contributed by atoms with Crippen molar-refractivity contribution in [3.63, 3.8) is 0 Å². The zero-order valence-electron chi connectivity index (χ0n) is 16.3. The fourth-order valence-corrected chi connectivity index (χ4v) is 2.97. The van der Waals surface area contributed by atoms with Crippen LogP contribution in [0, 0.1) is 0 Å². The number of carbonyl (C=O) groups is 1. The smallest absolute Gasteiger partial charge is 0.251 e. The number of rotatable bonds is 7. The summed E-state index contributed by atoms with van der Waals surface area (Å²) in [6.45, 7) is 1.47. The number of benzene rings is 1. The molecule has 0 unspecified atom stereocenters. The van der Waals surface area contributed by atoms with Gasteiger partial charge in [-0.3, -0.25) is 9.79 Å². The largest absolute Gasteiger partial charge is 0.356 e. The quantitative estimate of drug-likeness (QED) is 0.431. The van der Waals surface area contributed by atoms with Crippen LogP contribution in [-0.4, -0.2) is 48.4 Å². The molecule has 0 aliphatic rings. The number of hydrogen-bond donors (Lipinski definition) is 3. The van der Waals surface area contributed by atoms with Crippen LogP contribution in [0.1, 0.15) is 21.6 Å². The maximum absolute atomic E-state index is 11.7. The standard InChI is InChI=1S/C21H26N6O/c1-22-20(28)17-7-5-6-16(14-17)9-11-24-21(23-2)25-12-10-18-15-27-13-4-3-8-19(27)26-18/h3-8,13-15H,9-12H2,1-2H3,(H,22,28)(H2,23,24,25). The van der Waals surface area contributed by atoms with Gasteiger partial charge in [-0.05, 0) is 36.2 Å². The highest BCUT2D eigenvalue weighted by molar-refractivity contribution is 5.94. The van der Waals surface area contributed by atoms with E-state index < -0.39 is 0 Å². The molecule has 7 heteroatoms. The predicted molar refractivity (Wildman–Crippen MR) is 112 cm³/mol. The van der Waals surface area contributed by atoms with Crippen molar-refractivity contribution in [1.82, 2.24) is 25.3 Å². The molecule has 3 aromatic rings. The van der Waals surface area contributed by atoms with Crippen molar-refractivity contribution in [2.45, 2.75) is 12.8 Å². The maximum Gasteiger partial charge on any atom is 0.251 e. The Kier molecular flexibility index (Phi) is 6.62. The third-order valence-corrected chi connectivity index (χ3v) is 4.43. The molecule has 0 atom stereocenters. The first-order valence-electron chi connectivity index (χ1n) is 9.38. The van der Waals surface area contributed by atoms with Gasteiger partial charge in [0, 0.05) is 51.6 Å². The fourth-order valence-electron chi connectivity index (χ4n) is 2.97. The Morgan fingerprint density at radius 1 is 1.11 bits per heavy atom.